The second kappa shape index (κ2) is 6.85. The van der Waals surface area contributed by atoms with Crippen LogP contribution in [0.4, 0.5) is 0 Å². The molecule has 5 nitrogen and oxygen atoms in total. The van der Waals surface area contributed by atoms with Crippen LogP contribution in [0.5, 0.6) is 0 Å². The van der Waals surface area contributed by atoms with E-state index in [1.807, 2.05) is 47.0 Å². The molecule has 2 aromatic carbocycles. The van der Waals surface area contributed by atoms with E-state index < -0.39 is 5.97 Å². The zero-order chi connectivity index (χ0) is 16.2. The molecule has 23 heavy (non-hydrogen) atoms. The van der Waals surface area contributed by atoms with Crippen molar-refractivity contribution in [3.8, 4) is 17.1 Å². The molecule has 1 aromatic heterocycles. The highest BCUT2D eigenvalue weighted by atomic mass is 35.5. The van der Waals surface area contributed by atoms with Crippen LogP contribution in [0.3, 0.4) is 0 Å². The summed E-state index contributed by atoms with van der Waals surface area (Å²) >= 11 is 7.07. The van der Waals surface area contributed by atoms with Gasteiger partial charge in [-0.15, -0.1) is 10.2 Å². The summed E-state index contributed by atoms with van der Waals surface area (Å²) in [5.41, 5.74) is 1.73. The largest absolute Gasteiger partial charge is 0.481 e. The summed E-state index contributed by atoms with van der Waals surface area (Å²) in [5.74, 6) is -0.336. The quantitative estimate of drug-likeness (QED) is 0.713. The van der Waals surface area contributed by atoms with E-state index in [9.17, 15) is 4.79 Å². The second-order valence-corrected chi connectivity index (χ2v) is 6.05. The van der Waals surface area contributed by atoms with Crippen LogP contribution in [-0.4, -0.2) is 31.6 Å². The predicted molar refractivity (Wildman–Crippen MR) is 90.2 cm³/mol. The summed E-state index contributed by atoms with van der Waals surface area (Å²) in [4.78, 5) is 10.8. The lowest BCUT2D eigenvalue weighted by molar-refractivity contribution is -0.133. The Morgan fingerprint density at radius 3 is 2.43 bits per heavy atom. The Balaban J connectivity index is 2.09. The van der Waals surface area contributed by atoms with Gasteiger partial charge in [-0.1, -0.05) is 41.6 Å². The Morgan fingerprint density at radius 2 is 1.78 bits per heavy atom. The minimum atomic E-state index is -0.898. The first-order valence-electron chi connectivity index (χ1n) is 6.76. The molecule has 0 saturated heterocycles. The van der Waals surface area contributed by atoms with Gasteiger partial charge in [0.1, 0.15) is 0 Å². The lowest BCUT2D eigenvalue weighted by Gasteiger charge is -2.09. The number of aromatic nitrogens is 3. The van der Waals surface area contributed by atoms with Crippen LogP contribution in [0.2, 0.25) is 5.02 Å². The number of para-hydroxylation sites is 1. The van der Waals surface area contributed by atoms with E-state index in [2.05, 4.69) is 10.2 Å². The molecule has 3 rings (SSSR count). The van der Waals surface area contributed by atoms with Crippen LogP contribution in [0.15, 0.2) is 59.8 Å². The zero-order valence-corrected chi connectivity index (χ0v) is 13.5. The molecule has 0 fully saturated rings. The average Bonchev–Trinajstić information content (AvgIpc) is 2.98. The Labute approximate surface area is 141 Å². The molecular formula is C16H12ClN3O2S. The van der Waals surface area contributed by atoms with Crippen molar-refractivity contribution in [1.29, 1.82) is 0 Å². The highest BCUT2D eigenvalue weighted by Gasteiger charge is 2.16. The summed E-state index contributed by atoms with van der Waals surface area (Å²) in [5, 5.41) is 18.4. The summed E-state index contributed by atoms with van der Waals surface area (Å²) < 4.78 is 1.84. The number of aliphatic carboxylic acids is 1. The molecule has 7 heteroatoms. The van der Waals surface area contributed by atoms with Crippen molar-refractivity contribution >= 4 is 29.3 Å². The molecule has 0 bridgehead atoms. The van der Waals surface area contributed by atoms with Gasteiger partial charge < -0.3 is 5.11 Å². The second-order valence-electron chi connectivity index (χ2n) is 4.67. The third kappa shape index (κ3) is 3.55. The molecule has 0 radical (unpaired) electrons. The first kappa shape index (κ1) is 15.6. The number of benzene rings is 2. The van der Waals surface area contributed by atoms with Crippen LogP contribution in [0.25, 0.3) is 17.1 Å². The van der Waals surface area contributed by atoms with Crippen molar-refractivity contribution < 1.29 is 9.90 Å². The first-order chi connectivity index (χ1) is 11.1. The topological polar surface area (TPSA) is 68.0 Å². The van der Waals surface area contributed by atoms with Crippen LogP contribution in [-0.2, 0) is 4.79 Å². The highest BCUT2D eigenvalue weighted by Crippen LogP contribution is 2.28. The molecule has 0 amide bonds. The molecule has 116 valence electrons. The van der Waals surface area contributed by atoms with Gasteiger partial charge in [-0.25, -0.2) is 0 Å². The fraction of sp³-hybridized carbons (Fsp3) is 0.0625. The molecular weight excluding hydrogens is 334 g/mol. The van der Waals surface area contributed by atoms with Crippen LogP contribution < -0.4 is 0 Å². The number of carbonyl (C=O) groups is 1. The first-order valence-corrected chi connectivity index (χ1v) is 8.13. The number of nitrogens with zero attached hydrogens (tertiary/aromatic N) is 3. The monoisotopic (exact) mass is 345 g/mol. The number of thioether (sulfide) groups is 1. The normalized spacial score (nSPS) is 10.7. The molecule has 1 heterocycles. The van der Waals surface area contributed by atoms with E-state index in [-0.39, 0.29) is 5.75 Å². The molecule has 0 aliphatic rings. The molecule has 0 aliphatic heterocycles. The van der Waals surface area contributed by atoms with Gasteiger partial charge in [0.05, 0.1) is 5.75 Å². The maximum absolute atomic E-state index is 10.8. The molecule has 0 saturated carbocycles. The summed E-state index contributed by atoms with van der Waals surface area (Å²) in [6, 6.07) is 16.9. The number of hydrogen-bond donors (Lipinski definition) is 1. The number of hydrogen-bond acceptors (Lipinski definition) is 4. The lowest BCUT2D eigenvalue weighted by atomic mass is 10.2. The lowest BCUT2D eigenvalue weighted by Crippen LogP contribution is -2.03. The van der Waals surface area contributed by atoms with E-state index in [0.29, 0.717) is 16.0 Å². The van der Waals surface area contributed by atoms with Crippen molar-refractivity contribution in [2.75, 3.05) is 5.75 Å². The molecule has 0 unspecified atom stereocenters. The third-order valence-electron chi connectivity index (χ3n) is 3.07. The molecule has 0 spiro atoms. The van der Waals surface area contributed by atoms with Gasteiger partial charge in [-0.3, -0.25) is 9.36 Å². The molecule has 3 aromatic rings. The van der Waals surface area contributed by atoms with Gasteiger partial charge in [-0.2, -0.15) is 0 Å². The Morgan fingerprint density at radius 1 is 1.09 bits per heavy atom. The standard InChI is InChI=1S/C16H12ClN3O2S/c17-12-8-6-11(7-9-12)15-18-19-16(23-10-14(21)22)20(15)13-4-2-1-3-5-13/h1-9H,10H2,(H,21,22). The van der Waals surface area contributed by atoms with Gasteiger partial charge >= 0.3 is 5.97 Å². The maximum atomic E-state index is 10.8. The molecule has 1 N–H and O–H groups in total. The van der Waals surface area contributed by atoms with Crippen molar-refractivity contribution in [3.05, 3.63) is 59.6 Å². The SMILES string of the molecule is O=C(O)CSc1nnc(-c2ccc(Cl)cc2)n1-c1ccccc1. The predicted octanol–water partition coefficient (Wildman–Crippen LogP) is 3.76. The maximum Gasteiger partial charge on any atom is 0.313 e. The number of halogens is 1. The van der Waals surface area contributed by atoms with E-state index >= 15 is 0 Å². The Bertz CT molecular complexity index is 819. The highest BCUT2D eigenvalue weighted by molar-refractivity contribution is 7.99. The fourth-order valence-corrected chi connectivity index (χ4v) is 2.88. The van der Waals surface area contributed by atoms with Gasteiger partial charge in [0.15, 0.2) is 11.0 Å². The van der Waals surface area contributed by atoms with Crippen molar-refractivity contribution in [3.63, 3.8) is 0 Å². The van der Waals surface area contributed by atoms with Crippen molar-refractivity contribution in [1.82, 2.24) is 14.8 Å². The van der Waals surface area contributed by atoms with E-state index in [0.717, 1.165) is 23.0 Å². The smallest absolute Gasteiger partial charge is 0.313 e. The van der Waals surface area contributed by atoms with E-state index in [1.165, 1.54) is 0 Å². The average molecular weight is 346 g/mol. The zero-order valence-electron chi connectivity index (χ0n) is 11.9. The van der Waals surface area contributed by atoms with Gasteiger partial charge in [0.2, 0.25) is 0 Å². The third-order valence-corrected chi connectivity index (χ3v) is 4.24. The van der Waals surface area contributed by atoms with Gasteiger partial charge in [0.25, 0.3) is 0 Å². The Hall–Kier alpha value is -2.31. The summed E-state index contributed by atoms with van der Waals surface area (Å²) in [7, 11) is 0. The number of rotatable bonds is 5. The Kier molecular flexibility index (Phi) is 4.64. The van der Waals surface area contributed by atoms with Crippen molar-refractivity contribution in [2.24, 2.45) is 0 Å². The van der Waals surface area contributed by atoms with E-state index in [1.54, 1.807) is 12.1 Å². The van der Waals surface area contributed by atoms with Gasteiger partial charge in [-0.05, 0) is 36.4 Å². The fourth-order valence-electron chi connectivity index (χ4n) is 2.09. The van der Waals surface area contributed by atoms with E-state index in [4.69, 9.17) is 16.7 Å². The molecule has 0 aliphatic carbocycles. The summed E-state index contributed by atoms with van der Waals surface area (Å²) in [6.07, 6.45) is 0. The number of carboxylic acids is 1. The van der Waals surface area contributed by atoms with Crippen molar-refractivity contribution in [2.45, 2.75) is 5.16 Å². The van der Waals surface area contributed by atoms with Crippen LogP contribution in [0.1, 0.15) is 0 Å². The number of carboxylic acid groups (broad SMARTS) is 1. The van der Waals surface area contributed by atoms with Gasteiger partial charge in [0, 0.05) is 16.3 Å². The van der Waals surface area contributed by atoms with Crippen LogP contribution >= 0.6 is 23.4 Å². The molecule has 0 atom stereocenters. The van der Waals surface area contributed by atoms with Crippen LogP contribution in [0, 0.1) is 0 Å². The minimum absolute atomic E-state index is 0.0778. The minimum Gasteiger partial charge on any atom is -0.481 e. The summed E-state index contributed by atoms with van der Waals surface area (Å²) in [6.45, 7) is 0.